The molecule has 1 aromatic heterocycles. The van der Waals surface area contributed by atoms with E-state index in [4.69, 9.17) is 9.26 Å². The first-order chi connectivity index (χ1) is 12.0. The number of rotatable bonds is 9. The zero-order chi connectivity index (χ0) is 18.2. The van der Waals surface area contributed by atoms with Gasteiger partial charge in [0.05, 0.1) is 17.9 Å². The van der Waals surface area contributed by atoms with Crippen LogP contribution in [-0.4, -0.2) is 47.8 Å². The zero-order valence-corrected chi connectivity index (χ0v) is 16.0. The van der Waals surface area contributed by atoms with Gasteiger partial charge in [0.25, 0.3) is 5.91 Å². The van der Waals surface area contributed by atoms with Crippen molar-refractivity contribution in [2.45, 2.75) is 31.4 Å². The molecular formula is C18H25N3O3S. The van der Waals surface area contributed by atoms with Crippen LogP contribution in [0, 0.1) is 12.8 Å². The van der Waals surface area contributed by atoms with Crippen molar-refractivity contribution in [2.75, 3.05) is 26.8 Å². The second-order valence-corrected chi connectivity index (χ2v) is 7.17. The summed E-state index contributed by atoms with van der Waals surface area (Å²) in [5, 5.41) is 3.90. The third kappa shape index (κ3) is 5.86. The molecule has 0 unspecified atom stereocenters. The number of methoxy groups -OCH3 is 1. The van der Waals surface area contributed by atoms with E-state index >= 15 is 0 Å². The Hall–Kier alpha value is -1.86. The Morgan fingerprint density at radius 3 is 2.76 bits per heavy atom. The molecule has 0 spiro atoms. The van der Waals surface area contributed by atoms with Crippen molar-refractivity contribution in [3.05, 3.63) is 41.5 Å². The molecule has 1 aromatic carbocycles. The van der Waals surface area contributed by atoms with E-state index in [0.29, 0.717) is 48.6 Å². The van der Waals surface area contributed by atoms with E-state index in [0.717, 1.165) is 4.90 Å². The number of amides is 1. The molecule has 25 heavy (non-hydrogen) atoms. The topological polar surface area (TPSA) is 68.5 Å². The van der Waals surface area contributed by atoms with E-state index in [1.54, 1.807) is 14.0 Å². The quantitative estimate of drug-likeness (QED) is 0.636. The average molecular weight is 363 g/mol. The number of carbonyl (C=O) groups is 1. The van der Waals surface area contributed by atoms with Gasteiger partial charge in [0.15, 0.2) is 5.82 Å². The highest BCUT2D eigenvalue weighted by Crippen LogP contribution is 2.26. The van der Waals surface area contributed by atoms with E-state index < -0.39 is 0 Å². The fourth-order valence-corrected chi connectivity index (χ4v) is 3.29. The molecule has 0 N–H and O–H groups in total. The van der Waals surface area contributed by atoms with Crippen LogP contribution in [0.5, 0.6) is 0 Å². The Bertz CT molecular complexity index is 688. The van der Waals surface area contributed by atoms with Gasteiger partial charge in [-0.05, 0) is 18.1 Å². The summed E-state index contributed by atoms with van der Waals surface area (Å²) in [6.07, 6.45) is 0. The normalized spacial score (nSPS) is 11.1. The summed E-state index contributed by atoms with van der Waals surface area (Å²) in [7, 11) is 1.65. The highest BCUT2D eigenvalue weighted by Gasteiger charge is 2.20. The maximum atomic E-state index is 13.0. The molecule has 0 atom stereocenters. The van der Waals surface area contributed by atoms with Gasteiger partial charge in [-0.1, -0.05) is 31.1 Å². The molecule has 2 rings (SSSR count). The van der Waals surface area contributed by atoms with Crippen molar-refractivity contribution in [1.82, 2.24) is 15.0 Å². The van der Waals surface area contributed by atoms with Gasteiger partial charge >= 0.3 is 0 Å². The molecule has 0 aliphatic heterocycles. The van der Waals surface area contributed by atoms with Crippen molar-refractivity contribution in [2.24, 2.45) is 5.92 Å². The van der Waals surface area contributed by atoms with Gasteiger partial charge in [-0.25, -0.2) is 0 Å². The molecule has 2 aromatic rings. The predicted octanol–water partition coefficient (Wildman–Crippen LogP) is 3.41. The summed E-state index contributed by atoms with van der Waals surface area (Å²) in [4.78, 5) is 20.0. The minimum Gasteiger partial charge on any atom is -0.383 e. The molecule has 1 heterocycles. The molecule has 1 amide bonds. The highest BCUT2D eigenvalue weighted by molar-refractivity contribution is 7.98. The van der Waals surface area contributed by atoms with Gasteiger partial charge in [-0.2, -0.15) is 4.98 Å². The van der Waals surface area contributed by atoms with Crippen molar-refractivity contribution in [3.63, 3.8) is 0 Å². The van der Waals surface area contributed by atoms with Gasteiger partial charge in [0.1, 0.15) is 0 Å². The largest absolute Gasteiger partial charge is 0.383 e. The molecule has 0 fully saturated rings. The molecule has 0 saturated carbocycles. The van der Waals surface area contributed by atoms with Crippen molar-refractivity contribution >= 4 is 17.7 Å². The number of benzene rings is 1. The summed E-state index contributed by atoms with van der Waals surface area (Å²) in [5.74, 6) is 2.15. The Morgan fingerprint density at radius 1 is 1.36 bits per heavy atom. The summed E-state index contributed by atoms with van der Waals surface area (Å²) in [6, 6.07) is 7.64. The standard InChI is InChI=1S/C18H25N3O3S/c1-13(2)11-21(9-10-23-4)18(22)15-7-5-6-8-16(15)25-12-17-19-14(3)24-20-17/h5-8,13H,9-12H2,1-4H3. The van der Waals surface area contributed by atoms with Crippen LogP contribution in [0.4, 0.5) is 0 Å². The second kappa shape index (κ2) is 9.58. The van der Waals surface area contributed by atoms with Gasteiger partial charge < -0.3 is 14.2 Å². The molecular weight excluding hydrogens is 338 g/mol. The van der Waals surface area contributed by atoms with Crippen LogP contribution in [-0.2, 0) is 10.5 Å². The SMILES string of the molecule is COCCN(CC(C)C)C(=O)c1ccccc1SCc1noc(C)n1. The summed E-state index contributed by atoms with van der Waals surface area (Å²) < 4.78 is 10.1. The van der Waals surface area contributed by atoms with Crippen LogP contribution < -0.4 is 0 Å². The smallest absolute Gasteiger partial charge is 0.255 e. The highest BCUT2D eigenvalue weighted by atomic mass is 32.2. The van der Waals surface area contributed by atoms with Gasteiger partial charge in [0, 0.05) is 32.0 Å². The lowest BCUT2D eigenvalue weighted by Gasteiger charge is -2.25. The van der Waals surface area contributed by atoms with E-state index in [1.807, 2.05) is 29.2 Å². The van der Waals surface area contributed by atoms with Crippen LogP contribution in [0.3, 0.4) is 0 Å². The fraction of sp³-hybridized carbons (Fsp3) is 0.500. The van der Waals surface area contributed by atoms with E-state index in [9.17, 15) is 4.79 Å². The number of nitrogens with zero attached hydrogens (tertiary/aromatic N) is 3. The molecule has 0 aliphatic carbocycles. The number of hydrogen-bond donors (Lipinski definition) is 0. The minimum atomic E-state index is 0.0261. The summed E-state index contributed by atoms with van der Waals surface area (Å²) >= 11 is 1.54. The first kappa shape index (κ1) is 19.5. The van der Waals surface area contributed by atoms with E-state index in [-0.39, 0.29) is 5.91 Å². The summed E-state index contributed by atoms with van der Waals surface area (Å²) in [5.41, 5.74) is 0.699. The number of hydrogen-bond acceptors (Lipinski definition) is 6. The molecule has 7 heteroatoms. The van der Waals surface area contributed by atoms with E-state index in [1.165, 1.54) is 11.8 Å². The third-order valence-corrected chi connectivity index (χ3v) is 4.55. The lowest BCUT2D eigenvalue weighted by Crippen LogP contribution is -2.37. The molecule has 0 bridgehead atoms. The lowest BCUT2D eigenvalue weighted by atomic mass is 10.1. The Morgan fingerprint density at radius 2 is 2.12 bits per heavy atom. The molecule has 0 radical (unpaired) electrons. The maximum Gasteiger partial charge on any atom is 0.255 e. The van der Waals surface area contributed by atoms with Crippen LogP contribution in [0.2, 0.25) is 0 Å². The molecule has 0 saturated heterocycles. The molecule has 136 valence electrons. The number of aromatic nitrogens is 2. The first-order valence-corrected chi connectivity index (χ1v) is 9.29. The maximum absolute atomic E-state index is 13.0. The second-order valence-electron chi connectivity index (χ2n) is 6.15. The van der Waals surface area contributed by atoms with Gasteiger partial charge in [-0.15, -0.1) is 11.8 Å². The lowest BCUT2D eigenvalue weighted by molar-refractivity contribution is 0.0669. The van der Waals surface area contributed by atoms with Gasteiger partial charge in [-0.3, -0.25) is 4.79 Å². The first-order valence-electron chi connectivity index (χ1n) is 8.30. The Kier molecular flexibility index (Phi) is 7.46. The number of ether oxygens (including phenoxy) is 1. The van der Waals surface area contributed by atoms with Crippen LogP contribution in [0.1, 0.15) is 35.9 Å². The zero-order valence-electron chi connectivity index (χ0n) is 15.2. The van der Waals surface area contributed by atoms with E-state index in [2.05, 4.69) is 24.0 Å². The van der Waals surface area contributed by atoms with Crippen molar-refractivity contribution in [3.8, 4) is 0 Å². The van der Waals surface area contributed by atoms with Gasteiger partial charge in [0.2, 0.25) is 5.89 Å². The minimum absolute atomic E-state index is 0.0261. The number of carbonyl (C=O) groups excluding carboxylic acids is 1. The van der Waals surface area contributed by atoms with Crippen molar-refractivity contribution in [1.29, 1.82) is 0 Å². The van der Waals surface area contributed by atoms with Crippen LogP contribution >= 0.6 is 11.8 Å². The van der Waals surface area contributed by atoms with Crippen molar-refractivity contribution < 1.29 is 14.1 Å². The van der Waals surface area contributed by atoms with Crippen LogP contribution in [0.15, 0.2) is 33.7 Å². The molecule has 6 nitrogen and oxygen atoms in total. The molecule has 0 aliphatic rings. The monoisotopic (exact) mass is 363 g/mol. The van der Waals surface area contributed by atoms with Crippen LogP contribution in [0.25, 0.3) is 0 Å². The number of thioether (sulfide) groups is 1. The third-order valence-electron chi connectivity index (χ3n) is 3.48. The summed E-state index contributed by atoms with van der Waals surface area (Å²) in [6.45, 7) is 7.77. The fourth-order valence-electron chi connectivity index (χ4n) is 2.40. The Labute approximate surface area is 152 Å². The predicted molar refractivity (Wildman–Crippen MR) is 97.7 cm³/mol. The Balaban J connectivity index is 2.14. The number of aryl methyl sites for hydroxylation is 1. The average Bonchev–Trinajstić information content (AvgIpc) is 3.01.